The summed E-state index contributed by atoms with van der Waals surface area (Å²) < 4.78 is 37.5. The van der Waals surface area contributed by atoms with Crippen molar-refractivity contribution in [2.75, 3.05) is 32.7 Å². The lowest BCUT2D eigenvalue weighted by molar-refractivity contribution is -0.137. The van der Waals surface area contributed by atoms with E-state index in [1.165, 1.54) is 24.3 Å². The Morgan fingerprint density at radius 2 is 1.70 bits per heavy atom. The smallest absolute Gasteiger partial charge is 0.343 e. The van der Waals surface area contributed by atoms with Crippen LogP contribution in [0.2, 0.25) is 0 Å². The highest BCUT2D eigenvalue weighted by Gasteiger charge is 2.29. The van der Waals surface area contributed by atoms with Crippen LogP contribution in [-0.4, -0.2) is 60.4 Å². The SMILES string of the molecule is CC(C)N1CCN(C(=O)CNC(=O)/C=C/c2ccc(C(F)(F)F)cc2)CC1. The zero-order chi connectivity index (χ0) is 20.0. The van der Waals surface area contributed by atoms with Crippen molar-refractivity contribution < 1.29 is 22.8 Å². The van der Waals surface area contributed by atoms with Crippen LogP contribution in [-0.2, 0) is 15.8 Å². The molecule has 1 aliphatic heterocycles. The van der Waals surface area contributed by atoms with Gasteiger partial charge in [-0.15, -0.1) is 0 Å². The summed E-state index contributed by atoms with van der Waals surface area (Å²) >= 11 is 0. The Balaban J connectivity index is 1.77. The number of halogens is 3. The molecule has 8 heteroatoms. The van der Waals surface area contributed by atoms with Gasteiger partial charge in [0.05, 0.1) is 12.1 Å². The normalized spacial score (nSPS) is 16.1. The fourth-order valence-electron chi connectivity index (χ4n) is 2.78. The lowest BCUT2D eigenvalue weighted by atomic mass is 10.1. The van der Waals surface area contributed by atoms with Gasteiger partial charge in [-0.1, -0.05) is 12.1 Å². The van der Waals surface area contributed by atoms with Crippen LogP contribution in [0.25, 0.3) is 6.08 Å². The molecule has 1 fully saturated rings. The van der Waals surface area contributed by atoms with E-state index in [4.69, 9.17) is 0 Å². The first-order valence-corrected chi connectivity index (χ1v) is 8.82. The molecule has 1 aliphatic rings. The minimum atomic E-state index is -4.39. The number of benzene rings is 1. The Labute approximate surface area is 156 Å². The topological polar surface area (TPSA) is 52.6 Å². The minimum Gasteiger partial charge on any atom is -0.343 e. The van der Waals surface area contributed by atoms with E-state index >= 15 is 0 Å². The number of hydrogen-bond acceptors (Lipinski definition) is 3. The summed E-state index contributed by atoms with van der Waals surface area (Å²) in [5.74, 6) is -0.612. The summed E-state index contributed by atoms with van der Waals surface area (Å²) in [6, 6.07) is 4.92. The molecule has 0 bridgehead atoms. The molecule has 1 heterocycles. The van der Waals surface area contributed by atoms with Crippen LogP contribution < -0.4 is 5.32 Å². The lowest BCUT2D eigenvalue weighted by Gasteiger charge is -2.36. The molecular weight excluding hydrogens is 359 g/mol. The van der Waals surface area contributed by atoms with Crippen LogP contribution in [0.4, 0.5) is 13.2 Å². The van der Waals surface area contributed by atoms with Crippen LogP contribution >= 0.6 is 0 Å². The first-order chi connectivity index (χ1) is 12.7. The summed E-state index contributed by atoms with van der Waals surface area (Å²) in [6.07, 6.45) is -1.78. The molecule has 148 valence electrons. The molecule has 2 rings (SSSR count). The Morgan fingerprint density at radius 3 is 2.22 bits per heavy atom. The molecule has 5 nitrogen and oxygen atoms in total. The number of nitrogens with one attached hydrogen (secondary N) is 1. The number of hydrogen-bond donors (Lipinski definition) is 1. The molecule has 0 aromatic heterocycles. The molecule has 0 radical (unpaired) electrons. The highest BCUT2D eigenvalue weighted by atomic mass is 19.4. The molecule has 1 saturated heterocycles. The second-order valence-electron chi connectivity index (χ2n) is 6.68. The molecule has 0 aliphatic carbocycles. The van der Waals surface area contributed by atoms with Gasteiger partial charge in [-0.3, -0.25) is 14.5 Å². The fraction of sp³-hybridized carbons (Fsp3) is 0.474. The number of carbonyl (C=O) groups excluding carboxylic acids is 2. The second-order valence-corrected chi connectivity index (χ2v) is 6.68. The van der Waals surface area contributed by atoms with Crippen LogP contribution in [0.1, 0.15) is 25.0 Å². The van der Waals surface area contributed by atoms with Crippen LogP contribution in [0.5, 0.6) is 0 Å². The number of carbonyl (C=O) groups is 2. The second kappa shape index (κ2) is 9.03. The predicted octanol–water partition coefficient (Wildman–Crippen LogP) is 2.39. The van der Waals surface area contributed by atoms with Gasteiger partial charge in [0.2, 0.25) is 11.8 Å². The number of amides is 2. The van der Waals surface area contributed by atoms with E-state index in [1.54, 1.807) is 4.90 Å². The molecule has 27 heavy (non-hydrogen) atoms. The Hall–Kier alpha value is -2.35. The highest BCUT2D eigenvalue weighted by molar-refractivity contribution is 5.94. The molecule has 1 aromatic rings. The van der Waals surface area contributed by atoms with Gasteiger partial charge in [-0.05, 0) is 37.6 Å². The van der Waals surface area contributed by atoms with E-state index in [0.29, 0.717) is 24.7 Å². The molecular formula is C19H24F3N3O2. The van der Waals surface area contributed by atoms with Crippen molar-refractivity contribution in [3.05, 3.63) is 41.5 Å². The Morgan fingerprint density at radius 1 is 1.11 bits per heavy atom. The van der Waals surface area contributed by atoms with Gasteiger partial charge in [-0.25, -0.2) is 0 Å². The van der Waals surface area contributed by atoms with Crippen molar-refractivity contribution in [1.29, 1.82) is 0 Å². The van der Waals surface area contributed by atoms with Gasteiger partial charge in [0.15, 0.2) is 0 Å². The van der Waals surface area contributed by atoms with Crippen LogP contribution in [0, 0.1) is 0 Å². The van der Waals surface area contributed by atoms with E-state index in [9.17, 15) is 22.8 Å². The van der Waals surface area contributed by atoms with E-state index in [2.05, 4.69) is 24.1 Å². The minimum absolute atomic E-state index is 0.0993. The zero-order valence-corrected chi connectivity index (χ0v) is 15.4. The number of alkyl halides is 3. The lowest BCUT2D eigenvalue weighted by Crippen LogP contribution is -2.52. The molecule has 2 amide bonds. The number of rotatable bonds is 5. The van der Waals surface area contributed by atoms with Crippen molar-refractivity contribution in [3.63, 3.8) is 0 Å². The largest absolute Gasteiger partial charge is 0.416 e. The van der Waals surface area contributed by atoms with Gasteiger partial charge in [0.25, 0.3) is 0 Å². The van der Waals surface area contributed by atoms with Gasteiger partial charge < -0.3 is 10.2 Å². The molecule has 0 unspecified atom stereocenters. The average Bonchev–Trinajstić information content (AvgIpc) is 2.64. The van der Waals surface area contributed by atoms with E-state index < -0.39 is 17.6 Å². The van der Waals surface area contributed by atoms with Crippen LogP contribution in [0.3, 0.4) is 0 Å². The van der Waals surface area contributed by atoms with Crippen molar-refractivity contribution in [1.82, 2.24) is 15.1 Å². The predicted molar refractivity (Wildman–Crippen MR) is 96.8 cm³/mol. The van der Waals surface area contributed by atoms with Crippen molar-refractivity contribution in [2.24, 2.45) is 0 Å². The third-order valence-corrected chi connectivity index (χ3v) is 4.48. The first-order valence-electron chi connectivity index (χ1n) is 8.82. The third kappa shape index (κ3) is 6.39. The van der Waals surface area contributed by atoms with E-state index in [0.717, 1.165) is 25.2 Å². The van der Waals surface area contributed by atoms with Crippen molar-refractivity contribution in [2.45, 2.75) is 26.1 Å². The van der Waals surface area contributed by atoms with Crippen molar-refractivity contribution >= 4 is 17.9 Å². The van der Waals surface area contributed by atoms with Crippen LogP contribution in [0.15, 0.2) is 30.3 Å². The molecule has 0 spiro atoms. The van der Waals surface area contributed by atoms with E-state index in [-0.39, 0.29) is 12.5 Å². The van der Waals surface area contributed by atoms with Gasteiger partial charge in [0.1, 0.15) is 0 Å². The maximum Gasteiger partial charge on any atom is 0.416 e. The first kappa shape index (κ1) is 21.0. The average molecular weight is 383 g/mol. The summed E-state index contributed by atoms with van der Waals surface area (Å²) in [5.41, 5.74) is -0.276. The maximum absolute atomic E-state index is 12.5. The summed E-state index contributed by atoms with van der Waals surface area (Å²) in [6.45, 7) is 7.01. The number of piperazine rings is 1. The number of nitrogens with zero attached hydrogens (tertiary/aromatic N) is 2. The summed E-state index contributed by atoms with van der Waals surface area (Å²) in [7, 11) is 0. The summed E-state index contributed by atoms with van der Waals surface area (Å²) in [5, 5.41) is 2.51. The van der Waals surface area contributed by atoms with Gasteiger partial charge >= 0.3 is 6.18 Å². The van der Waals surface area contributed by atoms with Gasteiger partial charge in [-0.2, -0.15) is 13.2 Å². The zero-order valence-electron chi connectivity index (χ0n) is 15.4. The maximum atomic E-state index is 12.5. The van der Waals surface area contributed by atoms with E-state index in [1.807, 2.05) is 0 Å². The van der Waals surface area contributed by atoms with Crippen molar-refractivity contribution in [3.8, 4) is 0 Å². The fourth-order valence-corrected chi connectivity index (χ4v) is 2.78. The molecule has 1 N–H and O–H groups in total. The standard InChI is InChI=1S/C19H24F3N3O2/c1-14(2)24-9-11-25(12-10-24)18(27)13-23-17(26)8-5-15-3-6-16(7-4-15)19(20,21)22/h3-8,14H,9-13H2,1-2H3,(H,23,26)/b8-5+. The third-order valence-electron chi connectivity index (χ3n) is 4.48. The Bertz CT molecular complexity index is 676. The Kier molecular flexibility index (Phi) is 7.01. The quantitative estimate of drug-likeness (QED) is 0.795. The van der Waals surface area contributed by atoms with Gasteiger partial charge in [0, 0.05) is 38.3 Å². The molecule has 1 aromatic carbocycles. The summed E-state index contributed by atoms with van der Waals surface area (Å²) in [4.78, 5) is 28.0. The highest BCUT2D eigenvalue weighted by Crippen LogP contribution is 2.29. The molecule has 0 saturated carbocycles. The molecule has 0 atom stereocenters. The monoisotopic (exact) mass is 383 g/mol.